The van der Waals surface area contributed by atoms with Crippen molar-refractivity contribution >= 4 is 11.6 Å². The lowest BCUT2D eigenvalue weighted by Gasteiger charge is -2.06. The predicted octanol–water partition coefficient (Wildman–Crippen LogP) is 2.49. The van der Waals surface area contributed by atoms with Crippen molar-refractivity contribution < 1.29 is 19.4 Å². The number of nitrogens with one attached hydrogen (secondary N) is 1. The maximum atomic E-state index is 13.4. The summed E-state index contributed by atoms with van der Waals surface area (Å²) < 4.78 is 13.4. The molecule has 2 aromatic carbocycles. The van der Waals surface area contributed by atoms with Crippen molar-refractivity contribution in [3.63, 3.8) is 0 Å². The van der Waals surface area contributed by atoms with Crippen LogP contribution in [0.2, 0.25) is 0 Å². The SMILES string of the molecule is O=C(Nc1cccc(O)c1)c1ccc(O)cc1F. The number of hydrogen-bond acceptors (Lipinski definition) is 3. The molecule has 2 aromatic rings. The minimum Gasteiger partial charge on any atom is -0.508 e. The third kappa shape index (κ3) is 2.57. The van der Waals surface area contributed by atoms with Crippen molar-refractivity contribution in [2.45, 2.75) is 0 Å². The summed E-state index contributed by atoms with van der Waals surface area (Å²) in [6, 6.07) is 9.18. The highest BCUT2D eigenvalue weighted by atomic mass is 19.1. The number of phenolic OH excluding ortho intramolecular Hbond substituents is 2. The molecule has 0 unspecified atom stereocenters. The predicted molar refractivity (Wildman–Crippen MR) is 64.1 cm³/mol. The molecule has 1 amide bonds. The second kappa shape index (κ2) is 4.75. The number of aromatic hydroxyl groups is 2. The Bertz CT molecular complexity index is 599. The first-order valence-corrected chi connectivity index (χ1v) is 5.15. The first-order chi connectivity index (χ1) is 8.56. The van der Waals surface area contributed by atoms with E-state index in [0.717, 1.165) is 6.07 Å². The lowest BCUT2D eigenvalue weighted by molar-refractivity contribution is 0.102. The summed E-state index contributed by atoms with van der Waals surface area (Å²) in [6.07, 6.45) is 0. The Labute approximate surface area is 102 Å². The van der Waals surface area contributed by atoms with Crippen LogP contribution in [-0.2, 0) is 0 Å². The number of rotatable bonds is 2. The molecule has 2 rings (SSSR count). The van der Waals surface area contributed by atoms with E-state index >= 15 is 0 Å². The third-order valence-corrected chi connectivity index (χ3v) is 2.30. The fraction of sp³-hybridized carbons (Fsp3) is 0. The second-order valence-corrected chi connectivity index (χ2v) is 3.67. The molecule has 0 fully saturated rings. The van der Waals surface area contributed by atoms with Crippen molar-refractivity contribution in [2.75, 3.05) is 5.32 Å². The van der Waals surface area contributed by atoms with E-state index in [1.54, 1.807) is 12.1 Å². The van der Waals surface area contributed by atoms with Crippen LogP contribution >= 0.6 is 0 Å². The van der Waals surface area contributed by atoms with Gasteiger partial charge in [-0.05, 0) is 24.3 Å². The summed E-state index contributed by atoms with van der Waals surface area (Å²) in [7, 11) is 0. The largest absolute Gasteiger partial charge is 0.508 e. The van der Waals surface area contributed by atoms with Crippen molar-refractivity contribution in [1.29, 1.82) is 0 Å². The number of anilines is 1. The number of halogens is 1. The van der Waals surface area contributed by atoms with Crippen LogP contribution in [0.15, 0.2) is 42.5 Å². The van der Waals surface area contributed by atoms with Gasteiger partial charge < -0.3 is 15.5 Å². The van der Waals surface area contributed by atoms with Crippen molar-refractivity contribution in [3.05, 3.63) is 53.8 Å². The van der Waals surface area contributed by atoms with Gasteiger partial charge in [0.15, 0.2) is 0 Å². The van der Waals surface area contributed by atoms with E-state index in [1.807, 2.05) is 0 Å². The molecular weight excluding hydrogens is 237 g/mol. The van der Waals surface area contributed by atoms with Crippen molar-refractivity contribution in [1.82, 2.24) is 0 Å². The summed E-state index contributed by atoms with van der Waals surface area (Å²) in [5.74, 6) is -1.72. The third-order valence-electron chi connectivity index (χ3n) is 2.30. The van der Waals surface area contributed by atoms with Crippen LogP contribution in [0.4, 0.5) is 10.1 Å². The van der Waals surface area contributed by atoms with Crippen LogP contribution in [0.1, 0.15) is 10.4 Å². The van der Waals surface area contributed by atoms with Crippen LogP contribution in [-0.4, -0.2) is 16.1 Å². The van der Waals surface area contributed by atoms with E-state index in [4.69, 9.17) is 5.11 Å². The minimum absolute atomic E-state index is 0.000946. The zero-order valence-corrected chi connectivity index (χ0v) is 9.22. The topological polar surface area (TPSA) is 69.6 Å². The molecule has 0 heterocycles. The van der Waals surface area contributed by atoms with Crippen molar-refractivity contribution in [2.24, 2.45) is 0 Å². The number of carbonyl (C=O) groups excluding carboxylic acids is 1. The second-order valence-electron chi connectivity index (χ2n) is 3.67. The van der Waals surface area contributed by atoms with E-state index in [9.17, 15) is 14.3 Å². The van der Waals surface area contributed by atoms with Gasteiger partial charge in [-0.25, -0.2) is 4.39 Å². The summed E-state index contributed by atoms with van der Waals surface area (Å²) in [5, 5.41) is 20.7. The van der Waals surface area contributed by atoms with Gasteiger partial charge in [-0.15, -0.1) is 0 Å². The summed E-state index contributed by atoms with van der Waals surface area (Å²) in [4.78, 5) is 11.7. The van der Waals surface area contributed by atoms with Crippen LogP contribution in [0.5, 0.6) is 11.5 Å². The molecule has 5 heteroatoms. The molecule has 0 radical (unpaired) electrons. The maximum absolute atomic E-state index is 13.4. The summed E-state index contributed by atoms with van der Waals surface area (Å²) in [5.41, 5.74) is 0.170. The fourth-order valence-corrected chi connectivity index (χ4v) is 1.47. The average Bonchev–Trinajstić information content (AvgIpc) is 2.28. The highest BCUT2D eigenvalue weighted by Gasteiger charge is 2.12. The Morgan fingerprint density at radius 1 is 1.06 bits per heavy atom. The van der Waals surface area contributed by atoms with Crippen LogP contribution in [0, 0.1) is 5.82 Å². The van der Waals surface area contributed by atoms with Gasteiger partial charge in [-0.3, -0.25) is 4.79 Å². The number of amides is 1. The van der Waals surface area contributed by atoms with Gasteiger partial charge in [0, 0.05) is 17.8 Å². The first-order valence-electron chi connectivity index (χ1n) is 5.15. The van der Waals surface area contributed by atoms with Crippen LogP contribution in [0.25, 0.3) is 0 Å². The molecule has 0 bridgehead atoms. The smallest absolute Gasteiger partial charge is 0.258 e. The molecule has 0 aliphatic carbocycles. The zero-order valence-electron chi connectivity index (χ0n) is 9.22. The fourth-order valence-electron chi connectivity index (χ4n) is 1.47. The number of benzene rings is 2. The van der Waals surface area contributed by atoms with Gasteiger partial charge in [-0.2, -0.15) is 0 Å². The average molecular weight is 247 g/mol. The normalized spacial score (nSPS) is 10.1. The van der Waals surface area contributed by atoms with Gasteiger partial charge in [-0.1, -0.05) is 6.07 Å². The molecule has 0 aromatic heterocycles. The minimum atomic E-state index is -0.812. The van der Waals surface area contributed by atoms with Gasteiger partial charge in [0.25, 0.3) is 5.91 Å². The molecule has 3 N–H and O–H groups in total. The quantitative estimate of drug-likeness (QED) is 0.763. The summed E-state index contributed by atoms with van der Waals surface area (Å²) >= 11 is 0. The molecule has 18 heavy (non-hydrogen) atoms. The number of phenols is 2. The molecule has 92 valence electrons. The van der Waals surface area contributed by atoms with E-state index in [0.29, 0.717) is 5.69 Å². The van der Waals surface area contributed by atoms with E-state index in [-0.39, 0.29) is 17.1 Å². The molecule has 0 spiro atoms. The lowest BCUT2D eigenvalue weighted by atomic mass is 10.2. The van der Waals surface area contributed by atoms with Gasteiger partial charge in [0.1, 0.15) is 17.3 Å². The molecule has 0 atom stereocenters. The van der Waals surface area contributed by atoms with Crippen LogP contribution in [0.3, 0.4) is 0 Å². The molecule has 4 nitrogen and oxygen atoms in total. The number of hydrogen-bond donors (Lipinski definition) is 3. The summed E-state index contributed by atoms with van der Waals surface area (Å²) in [6.45, 7) is 0. The Hall–Kier alpha value is -2.56. The zero-order chi connectivity index (χ0) is 13.1. The highest BCUT2D eigenvalue weighted by molar-refractivity contribution is 6.04. The van der Waals surface area contributed by atoms with E-state index in [1.165, 1.54) is 24.3 Å². The van der Waals surface area contributed by atoms with Gasteiger partial charge in [0.05, 0.1) is 5.56 Å². The molecule has 0 aliphatic rings. The molecule has 0 aliphatic heterocycles. The van der Waals surface area contributed by atoms with Crippen molar-refractivity contribution in [3.8, 4) is 11.5 Å². The van der Waals surface area contributed by atoms with E-state index < -0.39 is 11.7 Å². The highest BCUT2D eigenvalue weighted by Crippen LogP contribution is 2.19. The monoisotopic (exact) mass is 247 g/mol. The Kier molecular flexibility index (Phi) is 3.14. The van der Waals surface area contributed by atoms with Gasteiger partial charge >= 0.3 is 0 Å². The molecule has 0 saturated carbocycles. The van der Waals surface area contributed by atoms with E-state index in [2.05, 4.69) is 5.32 Å². The first kappa shape index (κ1) is 11.9. The van der Waals surface area contributed by atoms with Crippen LogP contribution < -0.4 is 5.32 Å². The Morgan fingerprint density at radius 3 is 2.44 bits per heavy atom. The number of carbonyl (C=O) groups is 1. The maximum Gasteiger partial charge on any atom is 0.258 e. The Balaban J connectivity index is 2.22. The standard InChI is InChI=1S/C13H10FNO3/c14-12-7-10(17)4-5-11(12)13(18)15-8-2-1-3-9(16)6-8/h1-7,16-17H,(H,15,18). The lowest BCUT2D eigenvalue weighted by Crippen LogP contribution is -2.13. The molecule has 0 saturated heterocycles. The molecular formula is C13H10FNO3. The Morgan fingerprint density at radius 2 is 1.78 bits per heavy atom. The van der Waals surface area contributed by atoms with Gasteiger partial charge in [0.2, 0.25) is 0 Å².